The van der Waals surface area contributed by atoms with E-state index in [1.54, 1.807) is 30.3 Å². The molecule has 0 heterocycles. The van der Waals surface area contributed by atoms with E-state index in [4.69, 9.17) is 10.00 Å². The molecule has 0 aromatic heterocycles. The van der Waals surface area contributed by atoms with E-state index in [0.29, 0.717) is 0 Å². The van der Waals surface area contributed by atoms with Crippen molar-refractivity contribution in [1.29, 1.82) is 5.26 Å². The summed E-state index contributed by atoms with van der Waals surface area (Å²) >= 11 is 0. The van der Waals surface area contributed by atoms with Gasteiger partial charge in [0.25, 0.3) is 5.91 Å². The summed E-state index contributed by atoms with van der Waals surface area (Å²) in [6, 6.07) is 14.0. The predicted octanol–water partition coefficient (Wildman–Crippen LogP) is 3.49. The second-order valence-corrected chi connectivity index (χ2v) is 5.30. The van der Waals surface area contributed by atoms with Crippen LogP contribution >= 0.6 is 0 Å². The van der Waals surface area contributed by atoms with E-state index in [-0.39, 0.29) is 35.8 Å². The maximum absolute atomic E-state index is 12.4. The number of carbonyl (C=O) groups is 1. The lowest BCUT2D eigenvalue weighted by Gasteiger charge is -2.20. The third-order valence-electron chi connectivity index (χ3n) is 3.39. The van der Waals surface area contributed by atoms with Gasteiger partial charge in [-0.3, -0.25) is 4.79 Å². The number of likely N-dealkylation sites (N-methyl/N-ethyl adjacent to an activating group) is 1. The summed E-state index contributed by atoms with van der Waals surface area (Å²) < 4.78 is 46.6. The van der Waals surface area contributed by atoms with Crippen molar-refractivity contribution in [3.63, 3.8) is 0 Å². The Morgan fingerprint density at radius 1 is 1.12 bits per heavy atom. The van der Waals surface area contributed by atoms with Crippen molar-refractivity contribution in [2.24, 2.45) is 0 Å². The highest BCUT2D eigenvalue weighted by Crippen LogP contribution is 2.27. The van der Waals surface area contributed by atoms with Gasteiger partial charge in [-0.15, -0.1) is 13.2 Å². The minimum Gasteiger partial charge on any atom is -0.482 e. The Morgan fingerprint density at radius 2 is 1.73 bits per heavy atom. The quantitative estimate of drug-likeness (QED) is 0.787. The molecule has 0 saturated carbocycles. The van der Waals surface area contributed by atoms with Crippen LogP contribution in [0.5, 0.6) is 11.5 Å². The molecule has 0 bridgehead atoms. The number of rotatable bonds is 6. The number of para-hydroxylation sites is 2. The number of carbonyl (C=O) groups excluding carboxylic acids is 1. The van der Waals surface area contributed by atoms with Crippen molar-refractivity contribution in [3.8, 4) is 17.6 Å². The number of amides is 1. The zero-order valence-corrected chi connectivity index (χ0v) is 13.8. The zero-order valence-electron chi connectivity index (χ0n) is 13.8. The highest BCUT2D eigenvalue weighted by molar-refractivity contribution is 5.77. The van der Waals surface area contributed by atoms with Crippen LogP contribution in [0.1, 0.15) is 11.1 Å². The summed E-state index contributed by atoms with van der Waals surface area (Å²) in [5, 5.41) is 8.98. The van der Waals surface area contributed by atoms with E-state index >= 15 is 0 Å². The van der Waals surface area contributed by atoms with Crippen molar-refractivity contribution in [3.05, 3.63) is 59.7 Å². The van der Waals surface area contributed by atoms with Gasteiger partial charge < -0.3 is 14.4 Å². The topological polar surface area (TPSA) is 62.6 Å². The first-order valence-corrected chi connectivity index (χ1v) is 7.49. The molecule has 8 heteroatoms. The highest BCUT2D eigenvalue weighted by Gasteiger charge is 2.32. The molecule has 1 amide bonds. The van der Waals surface area contributed by atoms with E-state index in [1.165, 1.54) is 30.1 Å². The molecule has 0 aliphatic carbocycles. The molecule has 2 rings (SSSR count). The van der Waals surface area contributed by atoms with Crippen molar-refractivity contribution in [2.45, 2.75) is 12.9 Å². The minimum atomic E-state index is -4.82. The molecule has 0 saturated heterocycles. The van der Waals surface area contributed by atoms with Crippen molar-refractivity contribution in [1.82, 2.24) is 4.90 Å². The van der Waals surface area contributed by atoms with Crippen LogP contribution in [-0.2, 0) is 11.3 Å². The van der Waals surface area contributed by atoms with Crippen LogP contribution in [0.4, 0.5) is 13.2 Å². The van der Waals surface area contributed by atoms with E-state index < -0.39 is 12.3 Å². The van der Waals surface area contributed by atoms with E-state index in [0.717, 1.165) is 0 Å². The third-order valence-corrected chi connectivity index (χ3v) is 3.39. The molecule has 0 spiro atoms. The number of benzene rings is 2. The first kappa shape index (κ1) is 19.1. The van der Waals surface area contributed by atoms with E-state index in [1.807, 2.05) is 6.07 Å². The van der Waals surface area contributed by atoms with Gasteiger partial charge >= 0.3 is 6.36 Å². The standard InChI is InChI=1S/C18H15F3N2O3/c1-23(11-14-7-3-5-9-16(14)26-18(19,20)21)17(24)12-25-15-8-4-2-6-13(15)10-22/h2-9H,11-12H2,1H3. The average Bonchev–Trinajstić information content (AvgIpc) is 2.60. The van der Waals surface area contributed by atoms with Crippen molar-refractivity contribution < 1.29 is 27.4 Å². The fourth-order valence-corrected chi connectivity index (χ4v) is 2.14. The van der Waals surface area contributed by atoms with Crippen LogP contribution in [0.15, 0.2) is 48.5 Å². The summed E-state index contributed by atoms with van der Waals surface area (Å²) in [6.45, 7) is -0.439. The van der Waals surface area contributed by atoms with Gasteiger partial charge in [0, 0.05) is 19.2 Å². The fourth-order valence-electron chi connectivity index (χ4n) is 2.14. The number of halogens is 3. The third kappa shape index (κ3) is 5.41. The van der Waals surface area contributed by atoms with Gasteiger partial charge in [0.15, 0.2) is 6.61 Å². The molecular weight excluding hydrogens is 349 g/mol. The van der Waals surface area contributed by atoms with Gasteiger partial charge in [-0.05, 0) is 18.2 Å². The maximum atomic E-state index is 12.4. The normalized spacial score (nSPS) is 10.7. The lowest BCUT2D eigenvalue weighted by Crippen LogP contribution is -2.31. The molecule has 0 aliphatic rings. The number of nitriles is 1. The molecule has 2 aromatic rings. The lowest BCUT2D eigenvalue weighted by atomic mass is 10.2. The smallest absolute Gasteiger partial charge is 0.482 e. The van der Waals surface area contributed by atoms with Gasteiger partial charge in [0.1, 0.15) is 17.6 Å². The van der Waals surface area contributed by atoms with E-state index in [9.17, 15) is 18.0 Å². The molecule has 0 N–H and O–H groups in total. The minimum absolute atomic E-state index is 0.0889. The highest BCUT2D eigenvalue weighted by atomic mass is 19.4. The summed E-state index contributed by atoms with van der Waals surface area (Å²) in [5.74, 6) is -0.562. The fraction of sp³-hybridized carbons (Fsp3) is 0.222. The number of nitrogens with zero attached hydrogens (tertiary/aromatic N) is 2. The summed E-state index contributed by atoms with van der Waals surface area (Å²) in [5.41, 5.74) is 0.491. The van der Waals surface area contributed by atoms with Crippen molar-refractivity contribution >= 4 is 5.91 Å². The molecule has 2 aromatic carbocycles. The van der Waals surface area contributed by atoms with Crippen LogP contribution < -0.4 is 9.47 Å². The van der Waals surface area contributed by atoms with E-state index in [2.05, 4.69) is 4.74 Å². The van der Waals surface area contributed by atoms with Crippen LogP contribution in [0.3, 0.4) is 0 Å². The Hall–Kier alpha value is -3.21. The SMILES string of the molecule is CN(Cc1ccccc1OC(F)(F)F)C(=O)COc1ccccc1C#N. The Labute approximate surface area is 148 Å². The predicted molar refractivity (Wildman–Crippen MR) is 86.3 cm³/mol. The molecule has 26 heavy (non-hydrogen) atoms. The Bertz CT molecular complexity index is 816. The second-order valence-electron chi connectivity index (χ2n) is 5.30. The van der Waals surface area contributed by atoms with Crippen LogP contribution in [-0.4, -0.2) is 30.8 Å². The molecule has 0 unspecified atom stereocenters. The van der Waals surface area contributed by atoms with Gasteiger partial charge in [0.05, 0.1) is 5.56 Å². The molecule has 5 nitrogen and oxygen atoms in total. The maximum Gasteiger partial charge on any atom is 0.573 e. The first-order chi connectivity index (χ1) is 12.3. The van der Waals surface area contributed by atoms with Crippen LogP contribution in [0, 0.1) is 11.3 Å². The largest absolute Gasteiger partial charge is 0.573 e. The molecule has 0 aliphatic heterocycles. The lowest BCUT2D eigenvalue weighted by molar-refractivity contribution is -0.275. The van der Waals surface area contributed by atoms with Crippen molar-refractivity contribution in [2.75, 3.05) is 13.7 Å². The van der Waals surface area contributed by atoms with Crippen LogP contribution in [0.2, 0.25) is 0 Å². The van der Waals surface area contributed by atoms with Gasteiger partial charge in [-0.2, -0.15) is 5.26 Å². The number of alkyl halides is 3. The number of ether oxygens (including phenoxy) is 2. The summed E-state index contributed by atoms with van der Waals surface area (Å²) in [4.78, 5) is 13.4. The first-order valence-electron chi connectivity index (χ1n) is 7.49. The average molecular weight is 364 g/mol. The summed E-state index contributed by atoms with van der Waals surface area (Å²) in [6.07, 6.45) is -4.82. The Balaban J connectivity index is 2.01. The van der Waals surface area contributed by atoms with Crippen LogP contribution in [0.25, 0.3) is 0 Å². The zero-order chi connectivity index (χ0) is 19.2. The Kier molecular flexibility index (Phi) is 6.07. The van der Waals surface area contributed by atoms with Gasteiger partial charge in [-0.25, -0.2) is 0 Å². The van der Waals surface area contributed by atoms with Gasteiger partial charge in [-0.1, -0.05) is 30.3 Å². The molecule has 0 fully saturated rings. The number of hydrogen-bond donors (Lipinski definition) is 0. The summed E-state index contributed by atoms with van der Waals surface area (Å²) in [7, 11) is 1.44. The monoisotopic (exact) mass is 364 g/mol. The second kappa shape index (κ2) is 8.25. The molecule has 0 atom stereocenters. The molecule has 0 radical (unpaired) electrons. The molecule has 136 valence electrons. The van der Waals surface area contributed by atoms with Gasteiger partial charge in [0.2, 0.25) is 0 Å². The molecular formula is C18H15F3N2O3. The Morgan fingerprint density at radius 3 is 2.38 bits per heavy atom. The number of hydrogen-bond acceptors (Lipinski definition) is 4.